The van der Waals surface area contributed by atoms with Crippen LogP contribution in [0.5, 0.6) is 5.75 Å². The fourth-order valence-corrected chi connectivity index (χ4v) is 2.56. The van der Waals surface area contributed by atoms with E-state index in [-0.39, 0.29) is 0 Å². The van der Waals surface area contributed by atoms with Crippen molar-refractivity contribution in [2.75, 3.05) is 32.8 Å². The van der Waals surface area contributed by atoms with Crippen molar-refractivity contribution >= 4 is 0 Å². The zero-order chi connectivity index (χ0) is 13.5. The molecular formula is C16H26N2O. The highest BCUT2D eigenvalue weighted by molar-refractivity contribution is 5.27. The molecule has 0 aliphatic carbocycles. The molecule has 106 valence electrons. The fourth-order valence-electron chi connectivity index (χ4n) is 2.56. The third kappa shape index (κ3) is 4.84. The molecule has 3 heteroatoms. The summed E-state index contributed by atoms with van der Waals surface area (Å²) in [7, 11) is 0. The van der Waals surface area contributed by atoms with Gasteiger partial charge in [-0.25, -0.2) is 0 Å². The van der Waals surface area contributed by atoms with Gasteiger partial charge in [0, 0.05) is 19.1 Å². The van der Waals surface area contributed by atoms with Crippen molar-refractivity contribution in [1.82, 2.24) is 10.2 Å². The molecule has 0 aromatic heterocycles. The van der Waals surface area contributed by atoms with Crippen LogP contribution in [0.15, 0.2) is 24.3 Å². The summed E-state index contributed by atoms with van der Waals surface area (Å²) in [4.78, 5) is 2.57. The standard InChI is InChI=1S/C16H26N2O/c1-14-6-3-7-16(12-14)19-11-5-10-18-9-4-8-17-13-15(18)2/h3,6-7,12,15,17H,4-5,8-11,13H2,1-2H3. The van der Waals surface area contributed by atoms with E-state index in [1.165, 1.54) is 18.5 Å². The average Bonchev–Trinajstić information content (AvgIpc) is 2.60. The summed E-state index contributed by atoms with van der Waals surface area (Å²) in [6, 6.07) is 8.91. The lowest BCUT2D eigenvalue weighted by Crippen LogP contribution is -2.38. The maximum Gasteiger partial charge on any atom is 0.119 e. The number of rotatable bonds is 5. The Morgan fingerprint density at radius 3 is 3.16 bits per heavy atom. The second-order valence-corrected chi connectivity index (χ2v) is 5.46. The minimum Gasteiger partial charge on any atom is -0.494 e. The number of nitrogens with zero attached hydrogens (tertiary/aromatic N) is 1. The molecule has 1 unspecified atom stereocenters. The van der Waals surface area contributed by atoms with Gasteiger partial charge in [-0.3, -0.25) is 4.90 Å². The summed E-state index contributed by atoms with van der Waals surface area (Å²) in [6.07, 6.45) is 2.35. The van der Waals surface area contributed by atoms with E-state index in [1.54, 1.807) is 0 Å². The Morgan fingerprint density at radius 2 is 2.32 bits per heavy atom. The number of benzene rings is 1. The quantitative estimate of drug-likeness (QED) is 0.825. The zero-order valence-electron chi connectivity index (χ0n) is 12.2. The Bertz CT molecular complexity index is 381. The minimum atomic E-state index is 0.640. The van der Waals surface area contributed by atoms with Gasteiger partial charge < -0.3 is 10.1 Å². The molecule has 1 aliphatic rings. The van der Waals surface area contributed by atoms with Crippen molar-refractivity contribution in [3.8, 4) is 5.75 Å². The van der Waals surface area contributed by atoms with Gasteiger partial charge in [0.25, 0.3) is 0 Å². The van der Waals surface area contributed by atoms with Crippen LogP contribution in [0.1, 0.15) is 25.3 Å². The molecular weight excluding hydrogens is 236 g/mol. The Labute approximate surface area is 116 Å². The van der Waals surface area contributed by atoms with E-state index in [0.717, 1.165) is 38.4 Å². The first-order valence-electron chi connectivity index (χ1n) is 7.40. The lowest BCUT2D eigenvalue weighted by molar-refractivity contribution is 0.199. The van der Waals surface area contributed by atoms with Gasteiger partial charge in [0.05, 0.1) is 6.61 Å². The number of hydrogen-bond acceptors (Lipinski definition) is 3. The summed E-state index contributed by atoms with van der Waals surface area (Å²) >= 11 is 0. The molecule has 2 rings (SSSR count). The summed E-state index contributed by atoms with van der Waals surface area (Å²) in [6.45, 7) is 9.81. The van der Waals surface area contributed by atoms with Crippen LogP contribution in [0.3, 0.4) is 0 Å². The average molecular weight is 262 g/mol. The summed E-state index contributed by atoms with van der Waals surface area (Å²) in [5, 5.41) is 3.48. The van der Waals surface area contributed by atoms with Crippen LogP contribution in [0.25, 0.3) is 0 Å². The second-order valence-electron chi connectivity index (χ2n) is 5.46. The first kappa shape index (κ1) is 14.4. The van der Waals surface area contributed by atoms with Crippen molar-refractivity contribution in [1.29, 1.82) is 0 Å². The SMILES string of the molecule is Cc1cccc(OCCCN2CCCNCC2C)c1. The molecule has 1 fully saturated rings. The zero-order valence-corrected chi connectivity index (χ0v) is 12.2. The number of ether oxygens (including phenoxy) is 1. The number of hydrogen-bond donors (Lipinski definition) is 1. The molecule has 1 aliphatic heterocycles. The van der Waals surface area contributed by atoms with Gasteiger partial charge in [-0.05, 0) is 57.5 Å². The van der Waals surface area contributed by atoms with Gasteiger partial charge in [0.1, 0.15) is 5.75 Å². The van der Waals surface area contributed by atoms with Crippen LogP contribution < -0.4 is 10.1 Å². The van der Waals surface area contributed by atoms with Gasteiger partial charge in [0.2, 0.25) is 0 Å². The second kappa shape index (κ2) is 7.51. The van der Waals surface area contributed by atoms with E-state index in [9.17, 15) is 0 Å². The molecule has 19 heavy (non-hydrogen) atoms. The molecule has 1 saturated heterocycles. The maximum absolute atomic E-state index is 5.80. The Hall–Kier alpha value is -1.06. The molecule has 0 bridgehead atoms. The lowest BCUT2D eigenvalue weighted by Gasteiger charge is -2.26. The van der Waals surface area contributed by atoms with Crippen molar-refractivity contribution < 1.29 is 4.74 Å². The Balaban J connectivity index is 1.68. The van der Waals surface area contributed by atoms with E-state index in [4.69, 9.17) is 4.74 Å². The van der Waals surface area contributed by atoms with Crippen LogP contribution in [0.4, 0.5) is 0 Å². The predicted molar refractivity (Wildman–Crippen MR) is 79.8 cm³/mol. The third-order valence-electron chi connectivity index (χ3n) is 3.71. The van der Waals surface area contributed by atoms with Crippen molar-refractivity contribution in [3.05, 3.63) is 29.8 Å². The molecule has 0 radical (unpaired) electrons. The largest absolute Gasteiger partial charge is 0.494 e. The first-order chi connectivity index (χ1) is 9.25. The molecule has 1 atom stereocenters. The van der Waals surface area contributed by atoms with Crippen LogP contribution in [-0.4, -0.2) is 43.7 Å². The van der Waals surface area contributed by atoms with Crippen molar-refractivity contribution in [2.45, 2.75) is 32.7 Å². The van der Waals surface area contributed by atoms with Crippen molar-refractivity contribution in [3.63, 3.8) is 0 Å². The van der Waals surface area contributed by atoms with Crippen LogP contribution in [-0.2, 0) is 0 Å². The summed E-state index contributed by atoms with van der Waals surface area (Å²) in [5.41, 5.74) is 1.25. The van der Waals surface area contributed by atoms with E-state index in [1.807, 2.05) is 12.1 Å². The highest BCUT2D eigenvalue weighted by atomic mass is 16.5. The Morgan fingerprint density at radius 1 is 1.42 bits per heavy atom. The van der Waals surface area contributed by atoms with E-state index < -0.39 is 0 Å². The van der Waals surface area contributed by atoms with Crippen molar-refractivity contribution in [2.24, 2.45) is 0 Å². The highest BCUT2D eigenvalue weighted by Gasteiger charge is 2.15. The van der Waals surface area contributed by atoms with Crippen LogP contribution in [0.2, 0.25) is 0 Å². The molecule has 0 amide bonds. The van der Waals surface area contributed by atoms with Gasteiger partial charge >= 0.3 is 0 Å². The van der Waals surface area contributed by atoms with Gasteiger partial charge in [-0.1, -0.05) is 12.1 Å². The highest BCUT2D eigenvalue weighted by Crippen LogP contribution is 2.13. The lowest BCUT2D eigenvalue weighted by atomic mass is 10.2. The predicted octanol–water partition coefficient (Wildman–Crippen LogP) is 2.45. The Kier molecular flexibility index (Phi) is 5.67. The molecule has 3 nitrogen and oxygen atoms in total. The topological polar surface area (TPSA) is 24.5 Å². The van der Waals surface area contributed by atoms with Gasteiger partial charge in [-0.2, -0.15) is 0 Å². The molecule has 0 spiro atoms. The molecule has 1 aromatic carbocycles. The van der Waals surface area contributed by atoms with Crippen LogP contribution >= 0.6 is 0 Å². The monoisotopic (exact) mass is 262 g/mol. The van der Waals surface area contributed by atoms with Gasteiger partial charge in [-0.15, -0.1) is 0 Å². The summed E-state index contributed by atoms with van der Waals surface area (Å²) < 4.78 is 5.80. The minimum absolute atomic E-state index is 0.640. The third-order valence-corrected chi connectivity index (χ3v) is 3.71. The van der Waals surface area contributed by atoms with E-state index in [0.29, 0.717) is 6.04 Å². The molecule has 0 saturated carbocycles. The first-order valence-corrected chi connectivity index (χ1v) is 7.40. The maximum atomic E-state index is 5.80. The molecule has 1 N–H and O–H groups in total. The summed E-state index contributed by atoms with van der Waals surface area (Å²) in [5.74, 6) is 0.991. The van der Waals surface area contributed by atoms with E-state index in [2.05, 4.69) is 36.2 Å². The molecule has 1 aromatic rings. The smallest absolute Gasteiger partial charge is 0.119 e. The fraction of sp³-hybridized carbons (Fsp3) is 0.625. The normalized spacial score (nSPS) is 21.1. The van der Waals surface area contributed by atoms with Crippen LogP contribution in [0, 0.1) is 6.92 Å². The number of nitrogens with one attached hydrogen (secondary N) is 1. The molecule has 1 heterocycles. The van der Waals surface area contributed by atoms with Gasteiger partial charge in [0.15, 0.2) is 0 Å². The van der Waals surface area contributed by atoms with E-state index >= 15 is 0 Å². The number of aryl methyl sites for hydroxylation is 1.